The van der Waals surface area contributed by atoms with Gasteiger partial charge >= 0.3 is 0 Å². The van der Waals surface area contributed by atoms with Crippen molar-refractivity contribution in [3.05, 3.63) is 58.4 Å². The molecule has 0 atom stereocenters. The SMILES string of the molecule is COc1cccc(-c2cc(-c3cc(OC)c(OC)c(OC)c3)c(C#N)c(=O)[nH]2)c1. The maximum absolute atomic E-state index is 12.6. The molecule has 1 aromatic heterocycles. The minimum absolute atomic E-state index is 0.00841. The Kier molecular flexibility index (Phi) is 5.74. The first kappa shape index (κ1) is 19.8. The summed E-state index contributed by atoms with van der Waals surface area (Å²) >= 11 is 0. The minimum Gasteiger partial charge on any atom is -0.497 e. The summed E-state index contributed by atoms with van der Waals surface area (Å²) in [5.41, 5.74) is 1.85. The summed E-state index contributed by atoms with van der Waals surface area (Å²) in [6.07, 6.45) is 0. The van der Waals surface area contributed by atoms with E-state index in [1.54, 1.807) is 31.4 Å². The van der Waals surface area contributed by atoms with Crippen LogP contribution in [-0.4, -0.2) is 33.4 Å². The first-order valence-corrected chi connectivity index (χ1v) is 8.68. The summed E-state index contributed by atoms with van der Waals surface area (Å²) in [6, 6.07) is 14.4. The summed E-state index contributed by atoms with van der Waals surface area (Å²) in [5.74, 6) is 1.93. The Morgan fingerprint density at radius 3 is 2.10 bits per heavy atom. The average Bonchev–Trinajstić information content (AvgIpc) is 2.77. The van der Waals surface area contributed by atoms with Crippen molar-refractivity contribution < 1.29 is 18.9 Å². The van der Waals surface area contributed by atoms with E-state index < -0.39 is 5.56 Å². The highest BCUT2D eigenvalue weighted by Gasteiger charge is 2.18. The Labute approximate surface area is 168 Å². The van der Waals surface area contributed by atoms with E-state index in [1.165, 1.54) is 21.3 Å². The lowest BCUT2D eigenvalue weighted by molar-refractivity contribution is 0.324. The number of hydrogen-bond acceptors (Lipinski definition) is 6. The van der Waals surface area contributed by atoms with Crippen LogP contribution in [0.25, 0.3) is 22.4 Å². The van der Waals surface area contributed by atoms with Gasteiger partial charge in [-0.2, -0.15) is 5.26 Å². The quantitative estimate of drug-likeness (QED) is 0.689. The van der Waals surface area contributed by atoms with Crippen molar-refractivity contribution in [3.63, 3.8) is 0 Å². The van der Waals surface area contributed by atoms with Gasteiger partial charge in [-0.05, 0) is 35.9 Å². The van der Waals surface area contributed by atoms with Crippen molar-refractivity contribution in [1.29, 1.82) is 5.26 Å². The minimum atomic E-state index is -0.489. The average molecular weight is 392 g/mol. The van der Waals surface area contributed by atoms with E-state index in [4.69, 9.17) is 18.9 Å². The van der Waals surface area contributed by atoms with Crippen LogP contribution >= 0.6 is 0 Å². The second-order valence-electron chi connectivity index (χ2n) is 6.06. The van der Waals surface area contributed by atoms with E-state index in [0.29, 0.717) is 39.8 Å². The van der Waals surface area contributed by atoms with Crippen molar-refractivity contribution in [2.75, 3.05) is 28.4 Å². The summed E-state index contributed by atoms with van der Waals surface area (Å²) < 4.78 is 21.4. The molecule has 2 aromatic carbocycles. The highest BCUT2D eigenvalue weighted by Crippen LogP contribution is 2.42. The van der Waals surface area contributed by atoms with Gasteiger partial charge in [0, 0.05) is 16.8 Å². The molecular weight excluding hydrogens is 372 g/mol. The Hall–Kier alpha value is -3.92. The first-order chi connectivity index (χ1) is 14.1. The topological polar surface area (TPSA) is 93.6 Å². The highest BCUT2D eigenvalue weighted by atomic mass is 16.5. The number of hydrogen-bond donors (Lipinski definition) is 1. The van der Waals surface area contributed by atoms with Crippen LogP contribution in [0.1, 0.15) is 5.56 Å². The number of H-pyrrole nitrogens is 1. The Balaban J connectivity index is 2.28. The van der Waals surface area contributed by atoms with Gasteiger partial charge in [-0.25, -0.2) is 0 Å². The number of nitrogens with one attached hydrogen (secondary N) is 1. The molecule has 3 rings (SSSR count). The molecule has 0 radical (unpaired) electrons. The van der Waals surface area contributed by atoms with Gasteiger partial charge in [-0.3, -0.25) is 4.79 Å². The summed E-state index contributed by atoms with van der Waals surface area (Å²) in [4.78, 5) is 15.4. The molecule has 0 spiro atoms. The van der Waals surface area contributed by atoms with E-state index in [-0.39, 0.29) is 5.56 Å². The van der Waals surface area contributed by atoms with Gasteiger partial charge in [0.15, 0.2) is 11.5 Å². The standard InChI is InChI=1S/C22H20N2O5/c1-26-15-7-5-6-13(8-15)18-11-16(17(12-23)22(25)24-18)14-9-19(27-2)21(29-4)20(10-14)28-3/h5-11H,1-4H3,(H,24,25). The smallest absolute Gasteiger partial charge is 0.266 e. The summed E-state index contributed by atoms with van der Waals surface area (Å²) in [7, 11) is 6.09. The van der Waals surface area contributed by atoms with E-state index in [2.05, 4.69) is 4.98 Å². The lowest BCUT2D eigenvalue weighted by Gasteiger charge is -2.15. The van der Waals surface area contributed by atoms with E-state index in [9.17, 15) is 10.1 Å². The molecule has 148 valence electrons. The number of nitrogens with zero attached hydrogens (tertiary/aromatic N) is 1. The van der Waals surface area contributed by atoms with E-state index in [1.807, 2.05) is 24.3 Å². The Bertz CT molecular complexity index is 1120. The molecule has 0 saturated heterocycles. The maximum atomic E-state index is 12.6. The zero-order chi connectivity index (χ0) is 21.0. The molecule has 3 aromatic rings. The van der Waals surface area contributed by atoms with Gasteiger partial charge in [0.05, 0.1) is 28.4 Å². The van der Waals surface area contributed by atoms with Gasteiger partial charge in [0.1, 0.15) is 17.4 Å². The maximum Gasteiger partial charge on any atom is 0.266 e. The number of ether oxygens (including phenoxy) is 4. The van der Waals surface area contributed by atoms with Crippen LogP contribution < -0.4 is 24.5 Å². The predicted molar refractivity (Wildman–Crippen MR) is 109 cm³/mol. The molecule has 0 bridgehead atoms. The van der Waals surface area contributed by atoms with Crippen molar-refractivity contribution in [2.24, 2.45) is 0 Å². The number of rotatable bonds is 6. The van der Waals surface area contributed by atoms with Crippen molar-refractivity contribution in [1.82, 2.24) is 4.98 Å². The molecule has 0 fully saturated rings. The summed E-state index contributed by atoms with van der Waals surface area (Å²) in [6.45, 7) is 0. The molecule has 0 aliphatic carbocycles. The molecule has 1 N–H and O–H groups in total. The monoisotopic (exact) mass is 392 g/mol. The number of aromatic amines is 1. The third-order valence-electron chi connectivity index (χ3n) is 4.50. The fourth-order valence-corrected chi connectivity index (χ4v) is 3.08. The number of pyridine rings is 1. The Morgan fingerprint density at radius 1 is 0.862 bits per heavy atom. The number of aromatic nitrogens is 1. The number of benzene rings is 2. The van der Waals surface area contributed by atoms with Crippen molar-refractivity contribution >= 4 is 0 Å². The van der Waals surface area contributed by atoms with Gasteiger partial charge < -0.3 is 23.9 Å². The number of methoxy groups -OCH3 is 4. The van der Waals surface area contributed by atoms with E-state index in [0.717, 1.165) is 5.56 Å². The fraction of sp³-hybridized carbons (Fsp3) is 0.182. The van der Waals surface area contributed by atoms with Gasteiger partial charge in [-0.1, -0.05) is 12.1 Å². The Morgan fingerprint density at radius 2 is 1.55 bits per heavy atom. The van der Waals surface area contributed by atoms with Crippen LogP contribution in [0.5, 0.6) is 23.0 Å². The molecular formula is C22H20N2O5. The van der Waals surface area contributed by atoms with Crippen LogP contribution in [0, 0.1) is 11.3 Å². The second kappa shape index (κ2) is 8.40. The zero-order valence-electron chi connectivity index (χ0n) is 16.5. The molecule has 0 amide bonds. The predicted octanol–water partition coefficient (Wildman–Crippen LogP) is 3.61. The lowest BCUT2D eigenvalue weighted by atomic mass is 9.98. The lowest BCUT2D eigenvalue weighted by Crippen LogP contribution is -2.12. The van der Waals surface area contributed by atoms with Crippen LogP contribution in [0.4, 0.5) is 0 Å². The van der Waals surface area contributed by atoms with Crippen LogP contribution in [0.2, 0.25) is 0 Å². The molecule has 7 heteroatoms. The van der Waals surface area contributed by atoms with Gasteiger partial charge in [0.25, 0.3) is 5.56 Å². The van der Waals surface area contributed by atoms with Crippen LogP contribution in [0.15, 0.2) is 47.3 Å². The molecule has 0 aliphatic rings. The van der Waals surface area contributed by atoms with Gasteiger partial charge in [0.2, 0.25) is 5.75 Å². The van der Waals surface area contributed by atoms with Crippen molar-refractivity contribution in [2.45, 2.75) is 0 Å². The fourth-order valence-electron chi connectivity index (χ4n) is 3.08. The second-order valence-corrected chi connectivity index (χ2v) is 6.06. The molecule has 29 heavy (non-hydrogen) atoms. The third kappa shape index (κ3) is 3.73. The van der Waals surface area contributed by atoms with Crippen LogP contribution in [0.3, 0.4) is 0 Å². The normalized spacial score (nSPS) is 10.2. The first-order valence-electron chi connectivity index (χ1n) is 8.68. The van der Waals surface area contributed by atoms with E-state index >= 15 is 0 Å². The highest BCUT2D eigenvalue weighted by molar-refractivity contribution is 5.78. The zero-order valence-corrected chi connectivity index (χ0v) is 16.5. The molecule has 7 nitrogen and oxygen atoms in total. The largest absolute Gasteiger partial charge is 0.497 e. The van der Waals surface area contributed by atoms with Gasteiger partial charge in [-0.15, -0.1) is 0 Å². The van der Waals surface area contributed by atoms with Crippen molar-refractivity contribution in [3.8, 4) is 51.5 Å². The molecule has 0 saturated carbocycles. The molecule has 0 unspecified atom stereocenters. The molecule has 0 aliphatic heterocycles. The van der Waals surface area contributed by atoms with Crippen LogP contribution in [-0.2, 0) is 0 Å². The third-order valence-corrected chi connectivity index (χ3v) is 4.50. The summed E-state index contributed by atoms with van der Waals surface area (Å²) in [5, 5.41) is 9.58. The number of nitriles is 1. The molecule has 1 heterocycles.